The lowest BCUT2D eigenvalue weighted by Gasteiger charge is -2.14. The molecule has 0 aliphatic carbocycles. The van der Waals surface area contributed by atoms with Gasteiger partial charge >= 0.3 is 0 Å². The summed E-state index contributed by atoms with van der Waals surface area (Å²) in [7, 11) is 0. The lowest BCUT2D eigenvalue weighted by atomic mass is 9.92. The molecule has 0 saturated carbocycles. The number of aryl methyl sites for hydroxylation is 1. The molecule has 1 heterocycles. The first-order valence-corrected chi connectivity index (χ1v) is 7.91. The Hall–Kier alpha value is -0.860. The molecule has 1 aromatic carbocycles. The van der Waals surface area contributed by atoms with Gasteiger partial charge in [0, 0.05) is 18.1 Å². The molecule has 0 aliphatic rings. The van der Waals surface area contributed by atoms with Crippen LogP contribution < -0.4 is 17.0 Å². The Bertz CT molecular complexity index is 558. The first kappa shape index (κ1) is 17.2. The van der Waals surface area contributed by atoms with E-state index in [2.05, 4.69) is 69.8 Å². The van der Waals surface area contributed by atoms with Gasteiger partial charge in [0.15, 0.2) is 5.69 Å². The topological polar surface area (TPSA) is 3.88 Å². The van der Waals surface area contributed by atoms with Gasteiger partial charge in [-0.2, -0.15) is 4.57 Å². The van der Waals surface area contributed by atoms with Crippen molar-refractivity contribution in [3.63, 3.8) is 0 Å². The summed E-state index contributed by atoms with van der Waals surface area (Å²) in [6.07, 6.45) is 0. The van der Waals surface area contributed by atoms with Crippen LogP contribution in [0.1, 0.15) is 61.2 Å². The average Bonchev–Trinajstić information content (AvgIpc) is 2.68. The van der Waals surface area contributed by atoms with E-state index in [0.717, 1.165) is 0 Å². The summed E-state index contributed by atoms with van der Waals surface area (Å²) in [5.41, 5.74) is 7.89. The third kappa shape index (κ3) is 3.07. The predicted octanol–water partition coefficient (Wildman–Crippen LogP) is 1.89. The van der Waals surface area contributed by atoms with Crippen molar-refractivity contribution < 1.29 is 17.0 Å². The fraction of sp³-hybridized carbons (Fsp3) is 0.471. The molecule has 0 spiro atoms. The van der Waals surface area contributed by atoms with Gasteiger partial charge in [0.25, 0.3) is 0 Å². The summed E-state index contributed by atoms with van der Waals surface area (Å²) < 4.78 is 2.38. The molecule has 0 amide bonds. The van der Waals surface area contributed by atoms with E-state index in [-0.39, 0.29) is 12.4 Å². The van der Waals surface area contributed by atoms with Crippen molar-refractivity contribution in [1.29, 1.82) is 0 Å². The second kappa shape index (κ2) is 6.73. The highest BCUT2D eigenvalue weighted by Crippen LogP contribution is 2.29. The Kier molecular flexibility index (Phi) is 5.79. The highest BCUT2D eigenvalue weighted by molar-refractivity contribution is 7.09. The number of aromatic nitrogens is 1. The maximum atomic E-state index is 2.38. The van der Waals surface area contributed by atoms with Gasteiger partial charge in [-0.3, -0.25) is 0 Å². The molecule has 0 unspecified atom stereocenters. The van der Waals surface area contributed by atoms with E-state index in [4.69, 9.17) is 0 Å². The number of rotatable bonds is 3. The molecule has 0 atom stereocenters. The van der Waals surface area contributed by atoms with Gasteiger partial charge < -0.3 is 12.4 Å². The zero-order valence-corrected chi connectivity index (χ0v) is 14.8. The van der Waals surface area contributed by atoms with Crippen molar-refractivity contribution in [1.82, 2.24) is 0 Å². The predicted molar refractivity (Wildman–Crippen MR) is 83.5 cm³/mol. The maximum absolute atomic E-state index is 2.38. The zero-order chi connectivity index (χ0) is 14.2. The molecule has 0 radical (unpaired) electrons. The third-order valence-corrected chi connectivity index (χ3v) is 4.75. The van der Waals surface area contributed by atoms with Crippen molar-refractivity contribution in [3.05, 3.63) is 45.4 Å². The normalized spacial score (nSPS) is 11.0. The van der Waals surface area contributed by atoms with E-state index in [9.17, 15) is 0 Å². The molecule has 0 bridgehead atoms. The van der Waals surface area contributed by atoms with Gasteiger partial charge in [0.1, 0.15) is 0 Å². The number of hydrogen-bond acceptors (Lipinski definition) is 1. The molecule has 2 rings (SSSR count). The summed E-state index contributed by atoms with van der Waals surface area (Å²) in [5, 5.41) is 0. The van der Waals surface area contributed by atoms with Crippen LogP contribution in [0.2, 0.25) is 0 Å². The fourth-order valence-corrected chi connectivity index (χ4v) is 3.27. The monoisotopic (exact) mass is 309 g/mol. The highest BCUT2D eigenvalue weighted by Gasteiger charge is 2.25. The number of benzene rings is 1. The Morgan fingerprint density at radius 2 is 1.45 bits per heavy atom. The van der Waals surface area contributed by atoms with Gasteiger partial charge in [-0.15, -0.1) is 0 Å². The Balaban J connectivity index is 0.00000200. The lowest BCUT2D eigenvalue weighted by molar-refractivity contribution is -0.598. The molecule has 0 saturated heterocycles. The minimum absolute atomic E-state index is 0. The zero-order valence-electron chi connectivity index (χ0n) is 13.2. The molecule has 0 N–H and O–H groups in total. The van der Waals surface area contributed by atoms with Gasteiger partial charge in [-0.25, -0.2) is 0 Å². The summed E-state index contributed by atoms with van der Waals surface area (Å²) >= 11 is 1.83. The van der Waals surface area contributed by atoms with Crippen LogP contribution in [0, 0.1) is 13.8 Å². The first-order valence-electron chi connectivity index (χ1n) is 7.03. The second-order valence-electron chi connectivity index (χ2n) is 5.83. The number of thiazole rings is 1. The van der Waals surface area contributed by atoms with Crippen LogP contribution >= 0.6 is 11.3 Å². The fourth-order valence-electron chi connectivity index (χ4n) is 2.48. The summed E-state index contributed by atoms with van der Waals surface area (Å²) in [6, 6.07) is 6.74. The molecule has 110 valence electrons. The SMILES string of the molecule is Cc1sc[n+](-c2c(C(C)C)cccc2C(C)C)c1C.[Cl-]. The molecule has 2 aromatic rings. The molecular formula is C17H24ClNS. The Labute approximate surface area is 133 Å². The summed E-state index contributed by atoms with van der Waals surface area (Å²) in [6.45, 7) is 13.5. The van der Waals surface area contributed by atoms with E-state index in [0.29, 0.717) is 11.8 Å². The quantitative estimate of drug-likeness (QED) is 0.763. The number of para-hydroxylation sites is 1. The second-order valence-corrected chi connectivity index (χ2v) is 6.89. The van der Waals surface area contributed by atoms with Crippen LogP contribution in [0.3, 0.4) is 0 Å². The molecule has 1 nitrogen and oxygen atoms in total. The standard InChI is InChI=1S/C17H24NS.ClH/c1-11(2)15-8-7-9-16(12(3)4)17(15)18-10-19-14(6)13(18)5;/h7-12H,1-6H3;1H/q+1;/p-1. The van der Waals surface area contributed by atoms with Gasteiger partial charge in [-0.1, -0.05) is 57.2 Å². The van der Waals surface area contributed by atoms with Crippen molar-refractivity contribution in [2.24, 2.45) is 0 Å². The van der Waals surface area contributed by atoms with Crippen LogP contribution in [0.25, 0.3) is 5.69 Å². The van der Waals surface area contributed by atoms with E-state index in [1.54, 1.807) is 0 Å². The number of nitrogens with zero attached hydrogens (tertiary/aromatic N) is 1. The lowest BCUT2D eigenvalue weighted by Crippen LogP contribution is -3.00. The number of hydrogen-bond donors (Lipinski definition) is 0. The molecule has 20 heavy (non-hydrogen) atoms. The van der Waals surface area contributed by atoms with Crippen LogP contribution in [0.4, 0.5) is 0 Å². The smallest absolute Gasteiger partial charge is 0.231 e. The van der Waals surface area contributed by atoms with E-state index >= 15 is 0 Å². The molecule has 0 fully saturated rings. The Morgan fingerprint density at radius 3 is 1.80 bits per heavy atom. The van der Waals surface area contributed by atoms with Gasteiger partial charge in [0.05, 0.1) is 4.88 Å². The molecule has 3 heteroatoms. The van der Waals surface area contributed by atoms with Crippen LogP contribution in [0.5, 0.6) is 0 Å². The van der Waals surface area contributed by atoms with Gasteiger partial charge in [-0.05, 0) is 18.8 Å². The summed E-state index contributed by atoms with van der Waals surface area (Å²) in [4.78, 5) is 1.40. The largest absolute Gasteiger partial charge is 1.00 e. The van der Waals surface area contributed by atoms with Crippen molar-refractivity contribution in [2.45, 2.75) is 53.4 Å². The third-order valence-electron chi connectivity index (χ3n) is 3.79. The number of halogens is 1. The minimum atomic E-state index is 0. The first-order chi connectivity index (χ1) is 8.93. The molecule has 1 aromatic heterocycles. The van der Waals surface area contributed by atoms with Crippen molar-refractivity contribution in [3.8, 4) is 5.69 Å². The van der Waals surface area contributed by atoms with Gasteiger partial charge in [0.2, 0.25) is 11.2 Å². The van der Waals surface area contributed by atoms with E-state index in [1.165, 1.54) is 27.4 Å². The molecular weight excluding hydrogens is 286 g/mol. The van der Waals surface area contributed by atoms with Crippen LogP contribution in [-0.4, -0.2) is 0 Å². The Morgan fingerprint density at radius 1 is 0.950 bits per heavy atom. The average molecular weight is 310 g/mol. The van der Waals surface area contributed by atoms with Crippen molar-refractivity contribution in [2.75, 3.05) is 0 Å². The van der Waals surface area contributed by atoms with Crippen molar-refractivity contribution >= 4 is 11.3 Å². The van der Waals surface area contributed by atoms with E-state index < -0.39 is 0 Å². The highest BCUT2D eigenvalue weighted by atomic mass is 35.5. The van der Waals surface area contributed by atoms with E-state index in [1.807, 2.05) is 11.3 Å². The van der Waals surface area contributed by atoms with Crippen LogP contribution in [0.15, 0.2) is 23.7 Å². The maximum Gasteiger partial charge on any atom is 0.231 e. The summed E-state index contributed by atoms with van der Waals surface area (Å²) in [5.74, 6) is 1.08. The minimum Gasteiger partial charge on any atom is -1.00 e. The van der Waals surface area contributed by atoms with Crippen LogP contribution in [-0.2, 0) is 0 Å². The molecule has 0 aliphatic heterocycles.